The lowest BCUT2D eigenvalue weighted by molar-refractivity contribution is 0.318. The van der Waals surface area contributed by atoms with Crippen LogP contribution in [0.5, 0.6) is 0 Å². The van der Waals surface area contributed by atoms with Gasteiger partial charge in [-0.2, -0.15) is 9.78 Å². The summed E-state index contributed by atoms with van der Waals surface area (Å²) in [5.74, 6) is -0.141. The number of nitrogens with two attached hydrogens (primary N) is 1. The Balaban J connectivity index is 1.58. The number of rotatable bonds is 4. The van der Waals surface area contributed by atoms with Gasteiger partial charge in [0.05, 0.1) is 22.8 Å². The van der Waals surface area contributed by atoms with Crippen LogP contribution in [-0.2, 0) is 0 Å². The number of halogens is 2. The molecule has 146 valence electrons. The average molecular weight is 412 g/mol. The van der Waals surface area contributed by atoms with Crippen molar-refractivity contribution in [3.05, 3.63) is 53.7 Å². The van der Waals surface area contributed by atoms with E-state index in [2.05, 4.69) is 30.9 Å². The minimum absolute atomic E-state index is 0.0262. The quantitative estimate of drug-likeness (QED) is 0.528. The number of anilines is 1. The SMILES string of the molecule is Nc1ncc(-c2cnn(C3CNC3)c2)cc1-c1nnnn1-c1cccc(Cl)c1F. The van der Waals surface area contributed by atoms with Gasteiger partial charge in [-0.05, 0) is 28.6 Å². The number of tetrazole rings is 1. The Morgan fingerprint density at radius 2 is 2.07 bits per heavy atom. The molecule has 11 heteroatoms. The molecule has 1 fully saturated rings. The number of nitrogen functional groups attached to an aromatic ring is 1. The highest BCUT2D eigenvalue weighted by molar-refractivity contribution is 6.30. The Bertz CT molecular complexity index is 1200. The average Bonchev–Trinajstić information content (AvgIpc) is 3.33. The molecule has 0 radical (unpaired) electrons. The molecule has 1 aliphatic heterocycles. The zero-order valence-electron chi connectivity index (χ0n) is 15.0. The van der Waals surface area contributed by atoms with Crippen molar-refractivity contribution in [3.63, 3.8) is 0 Å². The molecule has 1 aliphatic rings. The Morgan fingerprint density at radius 3 is 2.86 bits per heavy atom. The van der Waals surface area contributed by atoms with Gasteiger partial charge in [0.25, 0.3) is 0 Å². The van der Waals surface area contributed by atoms with Gasteiger partial charge in [-0.15, -0.1) is 5.10 Å². The fraction of sp³-hybridized carbons (Fsp3) is 0.167. The summed E-state index contributed by atoms with van der Waals surface area (Å²) in [6.07, 6.45) is 5.39. The summed E-state index contributed by atoms with van der Waals surface area (Å²) in [7, 11) is 0. The second kappa shape index (κ2) is 6.90. The Labute approximate surface area is 169 Å². The Hall–Kier alpha value is -3.37. The topological polar surface area (TPSA) is 112 Å². The van der Waals surface area contributed by atoms with Crippen LogP contribution in [0.15, 0.2) is 42.9 Å². The number of nitrogens with zero attached hydrogens (tertiary/aromatic N) is 7. The van der Waals surface area contributed by atoms with Crippen LogP contribution in [0.2, 0.25) is 5.02 Å². The van der Waals surface area contributed by atoms with Crippen LogP contribution in [0, 0.1) is 5.82 Å². The molecule has 4 aromatic rings. The largest absolute Gasteiger partial charge is 0.383 e. The maximum absolute atomic E-state index is 14.5. The second-order valence-corrected chi connectivity index (χ2v) is 7.07. The van der Waals surface area contributed by atoms with Gasteiger partial charge in [0, 0.05) is 36.6 Å². The highest BCUT2D eigenvalue weighted by atomic mass is 35.5. The van der Waals surface area contributed by atoms with Crippen LogP contribution < -0.4 is 11.1 Å². The lowest BCUT2D eigenvalue weighted by atomic mass is 10.1. The van der Waals surface area contributed by atoms with Crippen molar-refractivity contribution in [2.75, 3.05) is 18.8 Å². The number of nitrogens with one attached hydrogen (secondary N) is 1. The van der Waals surface area contributed by atoms with Crippen LogP contribution >= 0.6 is 11.6 Å². The van der Waals surface area contributed by atoms with Crippen molar-refractivity contribution in [1.29, 1.82) is 0 Å². The smallest absolute Gasteiger partial charge is 0.190 e. The minimum atomic E-state index is -0.624. The van der Waals surface area contributed by atoms with E-state index < -0.39 is 5.82 Å². The van der Waals surface area contributed by atoms with E-state index in [1.807, 2.05) is 16.9 Å². The van der Waals surface area contributed by atoms with E-state index in [1.165, 1.54) is 16.8 Å². The number of pyridine rings is 1. The molecular formula is C18H15ClFN9. The molecule has 5 rings (SSSR count). The third-order valence-electron chi connectivity index (χ3n) is 4.86. The first-order valence-corrected chi connectivity index (χ1v) is 9.23. The fourth-order valence-electron chi connectivity index (χ4n) is 3.13. The monoisotopic (exact) mass is 411 g/mol. The van der Waals surface area contributed by atoms with Gasteiger partial charge >= 0.3 is 0 Å². The van der Waals surface area contributed by atoms with Gasteiger partial charge in [0.1, 0.15) is 11.5 Å². The maximum atomic E-state index is 14.5. The number of hydrogen-bond donors (Lipinski definition) is 2. The lowest BCUT2D eigenvalue weighted by Crippen LogP contribution is -2.43. The van der Waals surface area contributed by atoms with Gasteiger partial charge in [0.15, 0.2) is 11.6 Å². The van der Waals surface area contributed by atoms with Gasteiger partial charge in [-0.25, -0.2) is 9.37 Å². The molecular weight excluding hydrogens is 397 g/mol. The zero-order chi connectivity index (χ0) is 20.0. The molecule has 1 aromatic carbocycles. The molecule has 9 nitrogen and oxygen atoms in total. The van der Waals surface area contributed by atoms with E-state index in [0.29, 0.717) is 11.6 Å². The molecule has 0 unspecified atom stereocenters. The van der Waals surface area contributed by atoms with Crippen molar-refractivity contribution in [2.45, 2.75) is 6.04 Å². The molecule has 0 spiro atoms. The van der Waals surface area contributed by atoms with Crippen LogP contribution in [0.3, 0.4) is 0 Å². The highest BCUT2D eigenvalue weighted by Gasteiger charge is 2.21. The fourth-order valence-corrected chi connectivity index (χ4v) is 3.30. The van der Waals surface area contributed by atoms with Gasteiger partial charge < -0.3 is 11.1 Å². The van der Waals surface area contributed by atoms with Gasteiger partial charge in [0.2, 0.25) is 0 Å². The van der Waals surface area contributed by atoms with E-state index in [0.717, 1.165) is 24.2 Å². The molecule has 0 aliphatic carbocycles. The molecule has 0 saturated carbocycles. The van der Waals surface area contributed by atoms with E-state index >= 15 is 0 Å². The summed E-state index contributed by atoms with van der Waals surface area (Å²) in [4.78, 5) is 4.27. The number of hydrogen-bond acceptors (Lipinski definition) is 7. The molecule has 1 saturated heterocycles. The summed E-state index contributed by atoms with van der Waals surface area (Å²) < 4.78 is 17.7. The van der Waals surface area contributed by atoms with Crippen molar-refractivity contribution in [1.82, 2.24) is 40.3 Å². The van der Waals surface area contributed by atoms with Crippen molar-refractivity contribution in [2.24, 2.45) is 0 Å². The standard InChI is InChI=1S/C18H15ClFN9/c19-14-2-1-3-15(16(14)20)29-18(25-26-27-29)13-4-10(5-23-17(13)21)11-6-24-28(9-11)12-7-22-8-12/h1-6,9,12,22H,7-8H2,(H2,21,23). The molecule has 0 atom stereocenters. The predicted molar refractivity (Wildman–Crippen MR) is 105 cm³/mol. The van der Waals surface area contributed by atoms with Crippen LogP contribution in [0.25, 0.3) is 28.2 Å². The van der Waals surface area contributed by atoms with Crippen molar-refractivity contribution < 1.29 is 4.39 Å². The third-order valence-corrected chi connectivity index (χ3v) is 5.15. The molecule has 3 N–H and O–H groups in total. The maximum Gasteiger partial charge on any atom is 0.190 e. The number of aromatic nitrogens is 7. The van der Waals surface area contributed by atoms with Gasteiger partial charge in [-0.1, -0.05) is 17.7 Å². The summed E-state index contributed by atoms with van der Waals surface area (Å²) in [6, 6.07) is 6.77. The third kappa shape index (κ3) is 3.02. The van der Waals surface area contributed by atoms with Gasteiger partial charge in [-0.3, -0.25) is 4.68 Å². The molecule has 0 amide bonds. The molecule has 29 heavy (non-hydrogen) atoms. The summed E-state index contributed by atoms with van der Waals surface area (Å²) in [5, 5.41) is 19.2. The minimum Gasteiger partial charge on any atom is -0.383 e. The Morgan fingerprint density at radius 1 is 1.21 bits per heavy atom. The molecule has 3 aromatic heterocycles. The molecule has 4 heterocycles. The zero-order valence-corrected chi connectivity index (χ0v) is 15.8. The highest BCUT2D eigenvalue weighted by Crippen LogP contribution is 2.31. The number of benzene rings is 1. The normalized spacial score (nSPS) is 14.1. The first-order valence-electron chi connectivity index (χ1n) is 8.85. The van der Waals surface area contributed by atoms with E-state index in [4.69, 9.17) is 17.3 Å². The predicted octanol–water partition coefficient (Wildman–Crippen LogP) is 2.11. The molecule has 0 bridgehead atoms. The van der Waals surface area contributed by atoms with E-state index in [9.17, 15) is 4.39 Å². The van der Waals surface area contributed by atoms with Crippen LogP contribution in [0.4, 0.5) is 10.2 Å². The summed E-state index contributed by atoms with van der Waals surface area (Å²) >= 11 is 5.90. The lowest BCUT2D eigenvalue weighted by Gasteiger charge is -2.27. The van der Waals surface area contributed by atoms with Crippen molar-refractivity contribution in [3.8, 4) is 28.2 Å². The van der Waals surface area contributed by atoms with Crippen molar-refractivity contribution >= 4 is 17.4 Å². The van der Waals surface area contributed by atoms with E-state index in [-0.39, 0.29) is 22.4 Å². The van der Waals surface area contributed by atoms with Crippen LogP contribution in [0.1, 0.15) is 6.04 Å². The Kier molecular flexibility index (Phi) is 4.22. The first kappa shape index (κ1) is 17.7. The summed E-state index contributed by atoms with van der Waals surface area (Å²) in [6.45, 7) is 1.79. The second-order valence-electron chi connectivity index (χ2n) is 6.67. The van der Waals surface area contributed by atoms with Crippen LogP contribution in [-0.4, -0.2) is 48.1 Å². The van der Waals surface area contributed by atoms with E-state index in [1.54, 1.807) is 18.5 Å². The summed E-state index contributed by atoms with van der Waals surface area (Å²) in [5.41, 5.74) is 8.37. The first-order chi connectivity index (χ1) is 14.1.